The van der Waals surface area contributed by atoms with Gasteiger partial charge in [0.1, 0.15) is 11.6 Å². The molecule has 4 heterocycles. The molecule has 0 saturated heterocycles. The number of nitrogens with zero attached hydrogens (tertiary/aromatic N) is 5. The molecule has 9 heteroatoms. The van der Waals surface area contributed by atoms with E-state index in [0.29, 0.717) is 23.0 Å². The summed E-state index contributed by atoms with van der Waals surface area (Å²) < 4.78 is 21.0. The molecule has 0 amide bonds. The van der Waals surface area contributed by atoms with E-state index in [-0.39, 0.29) is 12.0 Å². The van der Waals surface area contributed by atoms with Crippen molar-refractivity contribution in [2.75, 3.05) is 12.4 Å². The Morgan fingerprint density at radius 3 is 2.86 bits per heavy atom. The molecule has 0 bridgehead atoms. The van der Waals surface area contributed by atoms with E-state index in [1.807, 2.05) is 18.3 Å². The zero-order valence-electron chi connectivity index (χ0n) is 19.8. The number of anilines is 1. The Kier molecular flexibility index (Phi) is 5.12. The Labute approximate surface area is 201 Å². The normalized spacial score (nSPS) is 15.6. The average molecular weight is 472 g/mol. The molecule has 0 saturated carbocycles. The maximum absolute atomic E-state index is 13.9. The highest BCUT2D eigenvalue weighted by atomic mass is 19.1. The van der Waals surface area contributed by atoms with Crippen molar-refractivity contribution in [1.82, 2.24) is 29.5 Å². The molecule has 6 rings (SSSR count). The number of rotatable bonds is 5. The fraction of sp³-hybridized carbons (Fsp3) is 0.308. The molecular formula is C26H26FN7O. The molecule has 0 spiro atoms. The third-order valence-electron chi connectivity index (χ3n) is 6.71. The van der Waals surface area contributed by atoms with Crippen LogP contribution in [0.25, 0.3) is 27.9 Å². The van der Waals surface area contributed by atoms with Crippen LogP contribution in [0.2, 0.25) is 0 Å². The van der Waals surface area contributed by atoms with Crippen molar-refractivity contribution >= 4 is 22.5 Å². The van der Waals surface area contributed by atoms with Gasteiger partial charge in [-0.2, -0.15) is 14.6 Å². The van der Waals surface area contributed by atoms with Crippen LogP contribution in [0.1, 0.15) is 43.0 Å². The molecule has 1 unspecified atom stereocenters. The predicted molar refractivity (Wildman–Crippen MR) is 132 cm³/mol. The van der Waals surface area contributed by atoms with Crippen LogP contribution in [0.5, 0.6) is 5.75 Å². The van der Waals surface area contributed by atoms with Gasteiger partial charge in [-0.05, 0) is 48.9 Å². The molecule has 0 aliphatic heterocycles. The van der Waals surface area contributed by atoms with Crippen LogP contribution in [0, 0.1) is 5.82 Å². The number of nitrogens with one attached hydrogen (secondary N) is 2. The van der Waals surface area contributed by atoms with E-state index >= 15 is 0 Å². The van der Waals surface area contributed by atoms with Gasteiger partial charge in [0.25, 0.3) is 0 Å². The van der Waals surface area contributed by atoms with Crippen LogP contribution in [0.4, 0.5) is 10.3 Å². The lowest BCUT2D eigenvalue weighted by Crippen LogP contribution is -2.29. The first-order chi connectivity index (χ1) is 17.0. The average Bonchev–Trinajstić information content (AvgIpc) is 3.45. The van der Waals surface area contributed by atoms with Crippen molar-refractivity contribution in [3.05, 3.63) is 65.5 Å². The number of hydrogen-bond donors (Lipinski definition) is 2. The van der Waals surface area contributed by atoms with Crippen molar-refractivity contribution in [2.24, 2.45) is 0 Å². The van der Waals surface area contributed by atoms with Crippen LogP contribution in [0.3, 0.4) is 0 Å². The number of aryl methyl sites for hydroxylation is 1. The van der Waals surface area contributed by atoms with Crippen LogP contribution in [-0.2, 0) is 12.8 Å². The molecule has 1 atom stereocenters. The Morgan fingerprint density at radius 1 is 1.17 bits per heavy atom. The van der Waals surface area contributed by atoms with Gasteiger partial charge < -0.3 is 15.0 Å². The van der Waals surface area contributed by atoms with Crippen molar-refractivity contribution in [2.45, 2.75) is 45.1 Å². The van der Waals surface area contributed by atoms with Gasteiger partial charge in [-0.3, -0.25) is 4.98 Å². The lowest BCUT2D eigenvalue weighted by molar-refractivity contribution is 0.415. The third-order valence-corrected chi connectivity index (χ3v) is 6.71. The number of fused-ring (bicyclic) bond motifs is 4. The molecule has 4 aromatic heterocycles. The minimum absolute atomic E-state index is 0.159. The highest BCUT2D eigenvalue weighted by molar-refractivity contribution is 5.86. The lowest BCUT2D eigenvalue weighted by atomic mass is 9.91. The number of H-pyrrole nitrogens is 1. The van der Waals surface area contributed by atoms with E-state index in [1.54, 1.807) is 17.8 Å². The second kappa shape index (κ2) is 8.33. The summed E-state index contributed by atoms with van der Waals surface area (Å²) in [6.45, 7) is 4.20. The number of benzene rings is 1. The number of hydrogen-bond acceptors (Lipinski definition) is 6. The number of aromatic nitrogens is 6. The summed E-state index contributed by atoms with van der Waals surface area (Å²) in [7, 11) is 1.68. The topological polar surface area (TPSA) is 93.0 Å². The lowest BCUT2D eigenvalue weighted by Gasteiger charge is -2.24. The zero-order chi connectivity index (χ0) is 24.1. The predicted octanol–water partition coefficient (Wildman–Crippen LogP) is 4.91. The summed E-state index contributed by atoms with van der Waals surface area (Å²) in [5, 5.41) is 9.41. The Bertz CT molecular complexity index is 1550. The molecule has 5 aromatic rings. The molecule has 178 valence electrons. The number of ether oxygens (including phenoxy) is 1. The molecule has 0 radical (unpaired) electrons. The Hall–Kier alpha value is -4.01. The highest BCUT2D eigenvalue weighted by Gasteiger charge is 2.25. The van der Waals surface area contributed by atoms with Gasteiger partial charge in [0.05, 0.1) is 19.5 Å². The Balaban J connectivity index is 1.39. The van der Waals surface area contributed by atoms with Crippen molar-refractivity contribution < 1.29 is 9.13 Å². The fourth-order valence-electron chi connectivity index (χ4n) is 4.90. The van der Waals surface area contributed by atoms with E-state index in [1.165, 1.54) is 28.9 Å². The van der Waals surface area contributed by atoms with E-state index < -0.39 is 5.82 Å². The van der Waals surface area contributed by atoms with Crippen LogP contribution in [0.15, 0.2) is 42.9 Å². The second-order valence-electron chi connectivity index (χ2n) is 9.33. The molecule has 8 nitrogen and oxygen atoms in total. The monoisotopic (exact) mass is 471 g/mol. The van der Waals surface area contributed by atoms with Gasteiger partial charge >= 0.3 is 0 Å². The molecule has 1 aliphatic carbocycles. The quantitative estimate of drug-likeness (QED) is 0.378. The van der Waals surface area contributed by atoms with Crippen LogP contribution in [-0.4, -0.2) is 42.7 Å². The summed E-state index contributed by atoms with van der Waals surface area (Å²) >= 11 is 0. The van der Waals surface area contributed by atoms with Crippen LogP contribution < -0.4 is 10.1 Å². The highest BCUT2D eigenvalue weighted by Crippen LogP contribution is 2.33. The van der Waals surface area contributed by atoms with Gasteiger partial charge in [-0.25, -0.2) is 9.37 Å². The minimum Gasteiger partial charge on any atom is -0.497 e. The fourth-order valence-corrected chi connectivity index (χ4v) is 4.90. The number of halogens is 1. The van der Waals surface area contributed by atoms with Gasteiger partial charge in [0, 0.05) is 46.0 Å². The molecular weight excluding hydrogens is 445 g/mol. The van der Waals surface area contributed by atoms with Gasteiger partial charge in [0.15, 0.2) is 11.5 Å². The molecule has 35 heavy (non-hydrogen) atoms. The Morgan fingerprint density at radius 2 is 2.06 bits per heavy atom. The summed E-state index contributed by atoms with van der Waals surface area (Å²) in [5.41, 5.74) is 5.93. The first-order valence-corrected chi connectivity index (χ1v) is 11.8. The first kappa shape index (κ1) is 21.5. The second-order valence-corrected chi connectivity index (χ2v) is 9.33. The molecule has 1 aliphatic rings. The van der Waals surface area contributed by atoms with Gasteiger partial charge in [-0.1, -0.05) is 13.8 Å². The summed E-state index contributed by atoms with van der Waals surface area (Å²) in [6, 6.07) is 7.72. The number of pyridine rings is 1. The number of aromatic amines is 1. The maximum atomic E-state index is 13.9. The number of methoxy groups -OCH3 is 1. The van der Waals surface area contributed by atoms with Crippen LogP contribution >= 0.6 is 0 Å². The third kappa shape index (κ3) is 3.77. The standard InChI is InChI=1S/C26H26FN7O/c1-14(2)21-13-29-34-25(21)32-24(15-8-16(27)12-28-11-15)33-26(34)30-17-4-7-22-20(9-17)19-6-5-18(35-3)10-23(19)31-22/h5-6,8,10-14,17,31H,4,7,9H2,1-3H3,(H,30,32,33). The van der Waals surface area contributed by atoms with E-state index in [0.717, 1.165) is 36.1 Å². The molecule has 2 N–H and O–H groups in total. The summed E-state index contributed by atoms with van der Waals surface area (Å²) in [5.74, 6) is 1.66. The minimum atomic E-state index is -0.422. The largest absolute Gasteiger partial charge is 0.497 e. The van der Waals surface area contributed by atoms with Crippen molar-refractivity contribution in [1.29, 1.82) is 0 Å². The molecule has 1 aromatic carbocycles. The summed E-state index contributed by atoms with van der Waals surface area (Å²) in [4.78, 5) is 17.0. The van der Waals surface area contributed by atoms with Crippen molar-refractivity contribution in [3.8, 4) is 17.1 Å². The van der Waals surface area contributed by atoms with Gasteiger partial charge in [-0.15, -0.1) is 0 Å². The van der Waals surface area contributed by atoms with Gasteiger partial charge in [0.2, 0.25) is 5.95 Å². The van der Waals surface area contributed by atoms with E-state index in [9.17, 15) is 4.39 Å². The smallest absolute Gasteiger partial charge is 0.228 e. The SMILES string of the molecule is COc1ccc2c3c([nH]c2c1)CCC(Nc1nc(-c2cncc(F)c2)nc2c(C(C)C)cnn12)C3. The first-order valence-electron chi connectivity index (χ1n) is 11.8. The van der Waals surface area contributed by atoms with E-state index in [2.05, 4.69) is 40.3 Å². The maximum Gasteiger partial charge on any atom is 0.228 e. The van der Waals surface area contributed by atoms with E-state index in [4.69, 9.17) is 14.7 Å². The summed E-state index contributed by atoms with van der Waals surface area (Å²) in [6.07, 6.45) is 7.31. The van der Waals surface area contributed by atoms with Crippen molar-refractivity contribution in [3.63, 3.8) is 0 Å². The molecule has 0 fully saturated rings. The zero-order valence-corrected chi connectivity index (χ0v) is 19.8.